The maximum absolute atomic E-state index is 3.92. The van der Waals surface area contributed by atoms with Crippen molar-refractivity contribution in [1.82, 2.24) is 0 Å². The van der Waals surface area contributed by atoms with E-state index in [0.29, 0.717) is 5.41 Å². The Morgan fingerprint density at radius 1 is 1.27 bits per heavy atom. The lowest BCUT2D eigenvalue weighted by Gasteiger charge is -2.19. The third-order valence-corrected chi connectivity index (χ3v) is 1.97. The van der Waals surface area contributed by atoms with Gasteiger partial charge >= 0.3 is 0 Å². The second kappa shape index (κ2) is 5.40. The number of hydrogen-bond donors (Lipinski definition) is 0. The molecule has 0 bridgehead atoms. The molecule has 0 fully saturated rings. The van der Waals surface area contributed by atoms with Crippen LogP contribution in [0, 0.1) is 12.3 Å². The highest BCUT2D eigenvalue weighted by atomic mass is 14.2. The molecule has 0 aliphatic carbocycles. The quantitative estimate of drug-likeness (QED) is 0.524. The molecule has 1 radical (unpaired) electrons. The third-order valence-electron chi connectivity index (χ3n) is 1.97. The monoisotopic (exact) mass is 153 g/mol. The molecule has 0 unspecified atom stereocenters. The topological polar surface area (TPSA) is 0 Å². The van der Waals surface area contributed by atoms with E-state index < -0.39 is 0 Å². The molecule has 0 atom stereocenters. The molecule has 0 aliphatic heterocycles. The van der Waals surface area contributed by atoms with Crippen LogP contribution in [-0.2, 0) is 0 Å². The van der Waals surface area contributed by atoms with Crippen molar-refractivity contribution in [3.63, 3.8) is 0 Å². The smallest absolute Gasteiger partial charge is 0.0299 e. The van der Waals surface area contributed by atoms with Crippen LogP contribution in [0.2, 0.25) is 0 Å². The van der Waals surface area contributed by atoms with Crippen LogP contribution < -0.4 is 0 Å². The van der Waals surface area contributed by atoms with E-state index in [4.69, 9.17) is 0 Å². The highest BCUT2D eigenvalue weighted by molar-refractivity contribution is 4.87. The molecule has 0 aliphatic rings. The zero-order valence-electron chi connectivity index (χ0n) is 8.19. The predicted octanol–water partition coefficient (Wildman–Crippen LogP) is 3.98. The average Bonchev–Trinajstić information content (AvgIpc) is 1.99. The van der Waals surface area contributed by atoms with E-state index in [1.165, 1.54) is 12.8 Å². The third kappa shape index (κ3) is 6.15. The fourth-order valence-corrected chi connectivity index (χ4v) is 0.789. The van der Waals surface area contributed by atoms with Crippen LogP contribution >= 0.6 is 0 Å². The molecule has 65 valence electrons. The van der Waals surface area contributed by atoms with Gasteiger partial charge in [0.05, 0.1) is 0 Å². The van der Waals surface area contributed by atoms with Crippen LogP contribution in [-0.4, -0.2) is 0 Å². The van der Waals surface area contributed by atoms with Gasteiger partial charge in [0.1, 0.15) is 0 Å². The molecule has 0 aromatic rings. The molecule has 0 aromatic carbocycles. The van der Waals surface area contributed by atoms with Gasteiger partial charge in [0.15, 0.2) is 0 Å². The van der Waals surface area contributed by atoms with E-state index in [-0.39, 0.29) is 0 Å². The first-order valence-electron chi connectivity index (χ1n) is 4.56. The van der Waals surface area contributed by atoms with E-state index >= 15 is 0 Å². The lowest BCUT2D eigenvalue weighted by Crippen LogP contribution is -2.07. The van der Waals surface area contributed by atoms with Gasteiger partial charge in [-0.25, -0.2) is 0 Å². The van der Waals surface area contributed by atoms with Gasteiger partial charge in [-0.05, 0) is 24.7 Å². The van der Waals surface area contributed by atoms with Crippen molar-refractivity contribution in [2.24, 2.45) is 5.41 Å². The number of hydrogen-bond acceptors (Lipinski definition) is 0. The molecule has 0 saturated heterocycles. The van der Waals surface area contributed by atoms with Gasteiger partial charge in [-0.3, -0.25) is 0 Å². The molecule has 0 saturated carbocycles. The highest BCUT2D eigenvalue weighted by Gasteiger charge is 2.11. The summed E-state index contributed by atoms with van der Waals surface area (Å²) >= 11 is 0. The molecule has 0 heteroatoms. The first-order chi connectivity index (χ1) is 5.12. The molecular formula is C11H21. The zero-order valence-corrected chi connectivity index (χ0v) is 8.19. The summed E-state index contributed by atoms with van der Waals surface area (Å²) in [6.07, 6.45) is 9.21. The molecule has 0 amide bonds. The van der Waals surface area contributed by atoms with Crippen molar-refractivity contribution in [3.05, 3.63) is 19.1 Å². The maximum atomic E-state index is 3.92. The van der Waals surface area contributed by atoms with Gasteiger partial charge in [-0.15, -0.1) is 0 Å². The lowest BCUT2D eigenvalue weighted by atomic mass is 9.86. The van der Waals surface area contributed by atoms with E-state index in [1.807, 2.05) is 0 Å². The number of unbranched alkanes of at least 4 members (excludes halogenated alkanes) is 1. The Bertz CT molecular complexity index is 109. The normalized spacial score (nSPS) is 12.7. The lowest BCUT2D eigenvalue weighted by molar-refractivity contribution is 0.375. The molecule has 0 aromatic heterocycles. The van der Waals surface area contributed by atoms with Crippen LogP contribution in [0.4, 0.5) is 0 Å². The van der Waals surface area contributed by atoms with E-state index in [2.05, 4.69) is 39.8 Å². The van der Waals surface area contributed by atoms with Crippen molar-refractivity contribution in [3.8, 4) is 0 Å². The van der Waals surface area contributed by atoms with Crippen molar-refractivity contribution in [2.75, 3.05) is 0 Å². The van der Waals surface area contributed by atoms with E-state index in [0.717, 1.165) is 12.8 Å². The van der Waals surface area contributed by atoms with Gasteiger partial charge in [-0.2, -0.15) is 0 Å². The fourth-order valence-electron chi connectivity index (χ4n) is 0.789. The second-order valence-corrected chi connectivity index (χ2v) is 3.88. The Hall–Kier alpha value is -0.260. The first kappa shape index (κ1) is 10.7. The summed E-state index contributed by atoms with van der Waals surface area (Å²) in [7, 11) is 0. The Balaban J connectivity index is 3.51. The van der Waals surface area contributed by atoms with E-state index in [9.17, 15) is 0 Å². The molecule has 0 nitrogen and oxygen atoms in total. The van der Waals surface area contributed by atoms with Crippen molar-refractivity contribution in [1.29, 1.82) is 0 Å². The van der Waals surface area contributed by atoms with Crippen molar-refractivity contribution >= 4 is 0 Å². The summed E-state index contributed by atoms with van der Waals surface area (Å²) in [5, 5.41) is 0. The van der Waals surface area contributed by atoms with E-state index in [1.54, 1.807) is 0 Å². The standard InChI is InChI=1S/C11H21/c1-5-7-8-9-10-11(3,4)6-2/h8-9H,2,5-7,10H2,1,3-4H3/b9-8+. The van der Waals surface area contributed by atoms with Gasteiger partial charge in [-0.1, -0.05) is 46.3 Å². The maximum Gasteiger partial charge on any atom is -0.0299 e. The van der Waals surface area contributed by atoms with Crippen LogP contribution in [0.5, 0.6) is 0 Å². The van der Waals surface area contributed by atoms with Gasteiger partial charge in [0, 0.05) is 0 Å². The van der Waals surface area contributed by atoms with Crippen LogP contribution in [0.3, 0.4) is 0 Å². The first-order valence-corrected chi connectivity index (χ1v) is 4.56. The minimum atomic E-state index is 0.393. The van der Waals surface area contributed by atoms with Crippen LogP contribution in [0.25, 0.3) is 0 Å². The van der Waals surface area contributed by atoms with Gasteiger partial charge < -0.3 is 0 Å². The Morgan fingerprint density at radius 3 is 2.36 bits per heavy atom. The number of rotatable bonds is 5. The largest absolute Gasteiger partial charge is 0.0885 e. The minimum Gasteiger partial charge on any atom is -0.0885 e. The van der Waals surface area contributed by atoms with Crippen LogP contribution in [0.1, 0.15) is 46.5 Å². The highest BCUT2D eigenvalue weighted by Crippen LogP contribution is 2.24. The summed E-state index contributed by atoms with van der Waals surface area (Å²) in [6.45, 7) is 10.6. The molecule has 0 heterocycles. The fraction of sp³-hybridized carbons (Fsp3) is 0.727. The van der Waals surface area contributed by atoms with Gasteiger partial charge in [0.25, 0.3) is 0 Å². The Labute approximate surface area is 71.7 Å². The minimum absolute atomic E-state index is 0.393. The summed E-state index contributed by atoms with van der Waals surface area (Å²) in [6, 6.07) is 0. The molecule has 0 N–H and O–H groups in total. The van der Waals surface area contributed by atoms with Crippen LogP contribution in [0.15, 0.2) is 12.2 Å². The Morgan fingerprint density at radius 2 is 1.91 bits per heavy atom. The summed E-state index contributed by atoms with van der Waals surface area (Å²) in [5.74, 6) is 0. The summed E-state index contributed by atoms with van der Waals surface area (Å²) in [5.41, 5.74) is 0.393. The van der Waals surface area contributed by atoms with Crippen molar-refractivity contribution < 1.29 is 0 Å². The Kier molecular flexibility index (Phi) is 5.27. The average molecular weight is 153 g/mol. The summed E-state index contributed by atoms with van der Waals surface area (Å²) < 4.78 is 0. The predicted molar refractivity (Wildman–Crippen MR) is 52.4 cm³/mol. The van der Waals surface area contributed by atoms with Crippen molar-refractivity contribution in [2.45, 2.75) is 46.5 Å². The number of allylic oxidation sites excluding steroid dienone is 2. The molecule has 11 heavy (non-hydrogen) atoms. The molecule has 0 spiro atoms. The second-order valence-electron chi connectivity index (χ2n) is 3.88. The SMILES string of the molecule is [CH2]CC(C)(C)C/C=C/CCC. The summed E-state index contributed by atoms with van der Waals surface area (Å²) in [4.78, 5) is 0. The molecular weight excluding hydrogens is 132 g/mol. The van der Waals surface area contributed by atoms with Gasteiger partial charge in [0.2, 0.25) is 0 Å². The molecule has 0 rings (SSSR count). The zero-order chi connectivity index (χ0) is 8.74.